The molecule has 0 heterocycles. The SMILES string of the molecule is COc1ccc(OC(F)F)c(NC(=O)C2(N)CCCC2)c1. The number of halogens is 2. The summed E-state index contributed by atoms with van der Waals surface area (Å²) in [4.78, 5) is 12.3. The van der Waals surface area contributed by atoms with Crippen LogP contribution >= 0.6 is 0 Å². The highest BCUT2D eigenvalue weighted by Crippen LogP contribution is 2.33. The first kappa shape index (κ1) is 15.5. The lowest BCUT2D eigenvalue weighted by atomic mass is 9.98. The van der Waals surface area contributed by atoms with E-state index in [1.165, 1.54) is 25.3 Å². The third-order valence-electron chi connectivity index (χ3n) is 3.60. The second-order valence-electron chi connectivity index (χ2n) is 5.06. The van der Waals surface area contributed by atoms with Crippen LogP contribution in [-0.2, 0) is 4.79 Å². The van der Waals surface area contributed by atoms with E-state index in [4.69, 9.17) is 10.5 Å². The molecule has 1 aliphatic carbocycles. The minimum absolute atomic E-state index is 0.122. The Hall–Kier alpha value is -1.89. The van der Waals surface area contributed by atoms with Crippen LogP contribution in [0.1, 0.15) is 25.7 Å². The Balaban J connectivity index is 2.22. The van der Waals surface area contributed by atoms with Crippen LogP contribution in [0.5, 0.6) is 11.5 Å². The number of anilines is 1. The highest BCUT2D eigenvalue weighted by atomic mass is 19.3. The molecule has 0 unspecified atom stereocenters. The number of methoxy groups -OCH3 is 1. The fourth-order valence-corrected chi connectivity index (χ4v) is 2.41. The van der Waals surface area contributed by atoms with E-state index in [1.54, 1.807) is 0 Å². The van der Waals surface area contributed by atoms with Crippen LogP contribution in [0.15, 0.2) is 18.2 Å². The topological polar surface area (TPSA) is 73.6 Å². The van der Waals surface area contributed by atoms with Crippen molar-refractivity contribution in [3.05, 3.63) is 18.2 Å². The molecule has 0 aliphatic heterocycles. The number of hydrogen-bond acceptors (Lipinski definition) is 4. The summed E-state index contributed by atoms with van der Waals surface area (Å²) in [7, 11) is 1.44. The first-order chi connectivity index (χ1) is 9.94. The molecule has 0 aromatic heterocycles. The maximum Gasteiger partial charge on any atom is 0.387 e. The van der Waals surface area contributed by atoms with Crippen LogP contribution in [0.2, 0.25) is 0 Å². The molecular weight excluding hydrogens is 282 g/mol. The van der Waals surface area contributed by atoms with E-state index in [2.05, 4.69) is 10.1 Å². The number of carbonyl (C=O) groups excluding carboxylic acids is 1. The highest BCUT2D eigenvalue weighted by Gasteiger charge is 2.37. The first-order valence-corrected chi connectivity index (χ1v) is 6.68. The van der Waals surface area contributed by atoms with Crippen molar-refractivity contribution in [1.82, 2.24) is 0 Å². The van der Waals surface area contributed by atoms with Gasteiger partial charge in [0.25, 0.3) is 0 Å². The van der Waals surface area contributed by atoms with E-state index in [9.17, 15) is 13.6 Å². The molecule has 0 radical (unpaired) electrons. The molecule has 1 aliphatic rings. The van der Waals surface area contributed by atoms with Gasteiger partial charge < -0.3 is 20.5 Å². The lowest BCUT2D eigenvalue weighted by Crippen LogP contribution is -2.48. The minimum atomic E-state index is -2.98. The molecule has 2 rings (SSSR count). The average molecular weight is 300 g/mol. The van der Waals surface area contributed by atoms with Gasteiger partial charge in [0.05, 0.1) is 18.3 Å². The Morgan fingerprint density at radius 2 is 2.05 bits per heavy atom. The van der Waals surface area contributed by atoms with E-state index >= 15 is 0 Å². The van der Waals surface area contributed by atoms with Crippen molar-refractivity contribution >= 4 is 11.6 Å². The second kappa shape index (κ2) is 6.26. The molecule has 0 spiro atoms. The number of hydrogen-bond donors (Lipinski definition) is 2. The van der Waals surface area contributed by atoms with Gasteiger partial charge in [-0.25, -0.2) is 0 Å². The quantitative estimate of drug-likeness (QED) is 0.876. The van der Waals surface area contributed by atoms with Gasteiger partial charge in [-0.1, -0.05) is 12.8 Å². The second-order valence-corrected chi connectivity index (χ2v) is 5.06. The fourth-order valence-electron chi connectivity index (χ4n) is 2.41. The highest BCUT2D eigenvalue weighted by molar-refractivity contribution is 5.99. The molecule has 0 atom stereocenters. The number of nitrogens with two attached hydrogens (primary N) is 1. The van der Waals surface area contributed by atoms with Crippen LogP contribution in [0.25, 0.3) is 0 Å². The van der Waals surface area contributed by atoms with Gasteiger partial charge in [0.15, 0.2) is 0 Å². The Bertz CT molecular complexity index is 517. The van der Waals surface area contributed by atoms with Crippen molar-refractivity contribution in [2.45, 2.75) is 37.8 Å². The number of benzene rings is 1. The normalized spacial score (nSPS) is 16.8. The zero-order valence-electron chi connectivity index (χ0n) is 11.7. The number of nitrogens with one attached hydrogen (secondary N) is 1. The molecule has 0 bridgehead atoms. The number of carbonyl (C=O) groups is 1. The van der Waals surface area contributed by atoms with Gasteiger partial charge in [-0.05, 0) is 25.0 Å². The van der Waals surface area contributed by atoms with Crippen molar-refractivity contribution in [1.29, 1.82) is 0 Å². The van der Waals surface area contributed by atoms with Crippen molar-refractivity contribution in [3.8, 4) is 11.5 Å². The third-order valence-corrected chi connectivity index (χ3v) is 3.60. The third kappa shape index (κ3) is 3.60. The van der Waals surface area contributed by atoms with Gasteiger partial charge in [-0.3, -0.25) is 4.79 Å². The van der Waals surface area contributed by atoms with Crippen LogP contribution < -0.4 is 20.5 Å². The van der Waals surface area contributed by atoms with Crippen LogP contribution in [-0.4, -0.2) is 25.2 Å². The smallest absolute Gasteiger partial charge is 0.387 e. The standard InChI is InChI=1S/C14H18F2N2O3/c1-20-9-4-5-11(21-13(15)16)10(8-9)18-12(19)14(17)6-2-3-7-14/h4-5,8,13H,2-3,6-7,17H2,1H3,(H,18,19). The zero-order valence-corrected chi connectivity index (χ0v) is 11.7. The summed E-state index contributed by atoms with van der Waals surface area (Å²) >= 11 is 0. The van der Waals surface area contributed by atoms with Gasteiger partial charge in [0, 0.05) is 6.07 Å². The molecule has 1 saturated carbocycles. The van der Waals surface area contributed by atoms with E-state index < -0.39 is 18.1 Å². The first-order valence-electron chi connectivity index (χ1n) is 6.68. The van der Waals surface area contributed by atoms with Crippen LogP contribution in [0, 0.1) is 0 Å². The summed E-state index contributed by atoms with van der Waals surface area (Å²) in [5, 5.41) is 2.57. The zero-order chi connectivity index (χ0) is 15.5. The molecule has 1 fully saturated rings. The summed E-state index contributed by atoms with van der Waals surface area (Å²) in [6.45, 7) is -2.98. The molecule has 7 heteroatoms. The molecule has 5 nitrogen and oxygen atoms in total. The van der Waals surface area contributed by atoms with Crippen LogP contribution in [0.3, 0.4) is 0 Å². The molecule has 21 heavy (non-hydrogen) atoms. The minimum Gasteiger partial charge on any atom is -0.497 e. The number of rotatable bonds is 5. The van der Waals surface area contributed by atoms with Crippen molar-refractivity contribution in [2.75, 3.05) is 12.4 Å². The Morgan fingerprint density at radius 3 is 2.62 bits per heavy atom. The number of amides is 1. The molecular formula is C14H18F2N2O3. The van der Waals surface area contributed by atoms with Gasteiger partial charge >= 0.3 is 6.61 Å². The van der Waals surface area contributed by atoms with Gasteiger partial charge in [0.1, 0.15) is 11.5 Å². The summed E-state index contributed by atoms with van der Waals surface area (Å²) in [5.74, 6) is -0.0995. The molecule has 1 aromatic carbocycles. The predicted molar refractivity (Wildman–Crippen MR) is 73.6 cm³/mol. The summed E-state index contributed by atoms with van der Waals surface area (Å²) < 4.78 is 34.2. The summed E-state index contributed by atoms with van der Waals surface area (Å²) in [6, 6.07) is 4.22. The lowest BCUT2D eigenvalue weighted by Gasteiger charge is -2.23. The predicted octanol–water partition coefficient (Wildman–Crippen LogP) is 2.51. The molecule has 116 valence electrons. The van der Waals surface area contributed by atoms with Crippen molar-refractivity contribution in [3.63, 3.8) is 0 Å². The monoisotopic (exact) mass is 300 g/mol. The largest absolute Gasteiger partial charge is 0.497 e. The summed E-state index contributed by atoms with van der Waals surface area (Å²) in [6.07, 6.45) is 2.91. The lowest BCUT2D eigenvalue weighted by molar-refractivity contribution is -0.121. The van der Waals surface area contributed by atoms with Crippen molar-refractivity contribution < 1.29 is 23.0 Å². The van der Waals surface area contributed by atoms with Gasteiger partial charge in [0.2, 0.25) is 5.91 Å². The van der Waals surface area contributed by atoms with E-state index in [1.807, 2.05) is 0 Å². The average Bonchev–Trinajstić information content (AvgIpc) is 2.88. The van der Waals surface area contributed by atoms with E-state index in [0.29, 0.717) is 18.6 Å². The molecule has 3 N–H and O–H groups in total. The number of alkyl halides is 2. The Morgan fingerprint density at radius 1 is 1.38 bits per heavy atom. The Kier molecular flexibility index (Phi) is 4.62. The number of ether oxygens (including phenoxy) is 2. The fraction of sp³-hybridized carbons (Fsp3) is 0.500. The summed E-state index contributed by atoms with van der Waals surface area (Å²) in [5.41, 5.74) is 5.21. The molecule has 1 amide bonds. The van der Waals surface area contributed by atoms with Gasteiger partial charge in [-0.15, -0.1) is 0 Å². The van der Waals surface area contributed by atoms with E-state index in [-0.39, 0.29) is 11.4 Å². The Labute approximate surface area is 121 Å². The maximum atomic E-state index is 12.4. The van der Waals surface area contributed by atoms with Crippen molar-refractivity contribution in [2.24, 2.45) is 5.73 Å². The van der Waals surface area contributed by atoms with E-state index in [0.717, 1.165) is 12.8 Å². The molecule has 1 aromatic rings. The molecule has 0 saturated heterocycles. The van der Waals surface area contributed by atoms with Gasteiger partial charge in [-0.2, -0.15) is 8.78 Å². The van der Waals surface area contributed by atoms with Crippen LogP contribution in [0.4, 0.5) is 14.5 Å². The maximum absolute atomic E-state index is 12.4.